The minimum atomic E-state index is -0.519. The Labute approximate surface area is 128 Å². The van der Waals surface area contributed by atoms with Gasteiger partial charge in [0, 0.05) is 11.5 Å². The molecule has 0 aromatic heterocycles. The van der Waals surface area contributed by atoms with Crippen molar-refractivity contribution in [3.63, 3.8) is 0 Å². The van der Waals surface area contributed by atoms with Crippen LogP contribution in [0.4, 0.5) is 5.69 Å². The number of nitrogens with one attached hydrogen (secondary N) is 2. The first-order valence-corrected chi connectivity index (χ1v) is 6.63. The van der Waals surface area contributed by atoms with Crippen molar-refractivity contribution < 1.29 is 9.53 Å². The standard InChI is InChI=1S/C14H16Cl2N2O2/c1-5-6-20-12-8-11(9(15)7-10(12)16)17-18-13(19)14(2,3)4/h1,7-8,17H,6H2,2-4H3,(H,18,19). The largest absolute Gasteiger partial charge is 0.479 e. The Balaban J connectivity index is 2.85. The van der Waals surface area contributed by atoms with Gasteiger partial charge in [0.2, 0.25) is 5.91 Å². The van der Waals surface area contributed by atoms with Gasteiger partial charge in [-0.1, -0.05) is 49.9 Å². The summed E-state index contributed by atoms with van der Waals surface area (Å²) in [6.45, 7) is 5.49. The lowest BCUT2D eigenvalue weighted by atomic mass is 9.96. The summed E-state index contributed by atoms with van der Waals surface area (Å²) in [6, 6.07) is 3.09. The Hall–Kier alpha value is -1.57. The van der Waals surface area contributed by atoms with Crippen molar-refractivity contribution in [3.8, 4) is 18.1 Å². The third kappa shape index (κ3) is 4.52. The quantitative estimate of drug-likeness (QED) is 0.660. The molecule has 0 radical (unpaired) electrons. The van der Waals surface area contributed by atoms with Gasteiger partial charge in [-0.2, -0.15) is 0 Å². The molecule has 1 amide bonds. The summed E-state index contributed by atoms with van der Waals surface area (Å²) in [5.41, 5.74) is 5.27. The first kappa shape index (κ1) is 16.5. The molecule has 1 aromatic carbocycles. The normalized spacial score (nSPS) is 10.6. The number of benzene rings is 1. The van der Waals surface area contributed by atoms with Crippen LogP contribution in [0.2, 0.25) is 10.0 Å². The zero-order valence-electron chi connectivity index (χ0n) is 11.5. The van der Waals surface area contributed by atoms with Gasteiger partial charge >= 0.3 is 0 Å². The van der Waals surface area contributed by atoms with Crippen LogP contribution in [0, 0.1) is 17.8 Å². The minimum absolute atomic E-state index is 0.0924. The van der Waals surface area contributed by atoms with Gasteiger partial charge < -0.3 is 4.74 Å². The SMILES string of the molecule is C#CCOc1cc(NNC(=O)C(C)(C)C)c(Cl)cc1Cl. The summed E-state index contributed by atoms with van der Waals surface area (Å²) in [5, 5.41) is 0.704. The molecule has 0 aliphatic rings. The van der Waals surface area contributed by atoms with Gasteiger partial charge in [0.25, 0.3) is 0 Å². The van der Waals surface area contributed by atoms with Crippen molar-refractivity contribution in [2.75, 3.05) is 12.0 Å². The van der Waals surface area contributed by atoms with E-state index >= 15 is 0 Å². The summed E-state index contributed by atoms with van der Waals surface area (Å²) in [6.07, 6.45) is 5.12. The number of hydrogen-bond donors (Lipinski definition) is 2. The number of carbonyl (C=O) groups excluding carboxylic acids is 1. The van der Waals surface area contributed by atoms with E-state index in [0.29, 0.717) is 21.5 Å². The van der Waals surface area contributed by atoms with Crippen molar-refractivity contribution in [2.24, 2.45) is 5.41 Å². The van der Waals surface area contributed by atoms with E-state index in [0.717, 1.165) is 0 Å². The number of terminal acetylenes is 1. The molecule has 0 aliphatic carbocycles. The molecule has 0 atom stereocenters. The van der Waals surface area contributed by atoms with Crippen molar-refractivity contribution in [2.45, 2.75) is 20.8 Å². The molecule has 1 aromatic rings. The van der Waals surface area contributed by atoms with Crippen LogP contribution in [-0.4, -0.2) is 12.5 Å². The number of anilines is 1. The summed E-state index contributed by atoms with van der Waals surface area (Å²) in [5.74, 6) is 2.56. The molecule has 0 fully saturated rings. The first-order chi connectivity index (χ1) is 9.25. The highest BCUT2D eigenvalue weighted by Gasteiger charge is 2.21. The third-order valence-corrected chi connectivity index (χ3v) is 2.93. The monoisotopic (exact) mass is 314 g/mol. The Morgan fingerprint density at radius 3 is 2.55 bits per heavy atom. The molecular formula is C14H16Cl2N2O2. The topological polar surface area (TPSA) is 50.4 Å². The van der Waals surface area contributed by atoms with Crippen LogP contribution < -0.4 is 15.6 Å². The molecule has 1 rings (SSSR count). The second-order valence-corrected chi connectivity index (χ2v) is 5.90. The molecule has 0 unspecified atom stereocenters. The molecule has 20 heavy (non-hydrogen) atoms. The number of rotatable bonds is 4. The highest BCUT2D eigenvalue weighted by molar-refractivity contribution is 6.37. The molecule has 0 aliphatic heterocycles. The van der Waals surface area contributed by atoms with E-state index in [9.17, 15) is 4.79 Å². The van der Waals surface area contributed by atoms with Crippen LogP contribution >= 0.6 is 23.2 Å². The van der Waals surface area contributed by atoms with E-state index < -0.39 is 5.41 Å². The number of carbonyl (C=O) groups is 1. The van der Waals surface area contributed by atoms with Crippen LogP contribution in [0.25, 0.3) is 0 Å². The molecule has 0 bridgehead atoms. The van der Waals surface area contributed by atoms with Gasteiger partial charge in [0.15, 0.2) is 0 Å². The predicted octanol–water partition coefficient (Wildman–Crippen LogP) is 3.49. The van der Waals surface area contributed by atoms with E-state index in [-0.39, 0.29) is 12.5 Å². The molecule has 2 N–H and O–H groups in total. The van der Waals surface area contributed by atoms with E-state index in [1.54, 1.807) is 26.8 Å². The Morgan fingerprint density at radius 2 is 2.00 bits per heavy atom. The van der Waals surface area contributed by atoms with Crippen LogP contribution in [0.15, 0.2) is 12.1 Å². The third-order valence-electron chi connectivity index (χ3n) is 2.32. The predicted molar refractivity (Wildman–Crippen MR) is 82.0 cm³/mol. The van der Waals surface area contributed by atoms with E-state index in [1.807, 2.05) is 0 Å². The van der Waals surface area contributed by atoms with Crippen molar-refractivity contribution in [1.82, 2.24) is 5.43 Å². The Morgan fingerprint density at radius 1 is 1.35 bits per heavy atom. The lowest BCUT2D eigenvalue weighted by molar-refractivity contribution is -0.127. The number of hydrogen-bond acceptors (Lipinski definition) is 3. The Kier molecular flexibility index (Phi) is 5.55. The maximum absolute atomic E-state index is 11.8. The maximum Gasteiger partial charge on any atom is 0.243 e. The van der Waals surface area contributed by atoms with E-state index in [4.69, 9.17) is 34.4 Å². The number of amides is 1. The number of halogens is 2. The van der Waals surface area contributed by atoms with Crippen LogP contribution in [0.3, 0.4) is 0 Å². The van der Waals surface area contributed by atoms with Crippen LogP contribution in [0.5, 0.6) is 5.75 Å². The fraction of sp³-hybridized carbons (Fsp3) is 0.357. The molecule has 0 spiro atoms. The fourth-order valence-electron chi connectivity index (χ4n) is 1.17. The maximum atomic E-state index is 11.8. The summed E-state index contributed by atoms with van der Waals surface area (Å²) < 4.78 is 5.28. The fourth-order valence-corrected chi connectivity index (χ4v) is 1.65. The highest BCUT2D eigenvalue weighted by atomic mass is 35.5. The molecule has 108 valence electrons. The molecule has 0 saturated carbocycles. The lowest BCUT2D eigenvalue weighted by Gasteiger charge is -2.19. The second-order valence-electron chi connectivity index (χ2n) is 5.08. The highest BCUT2D eigenvalue weighted by Crippen LogP contribution is 2.34. The first-order valence-electron chi connectivity index (χ1n) is 5.87. The zero-order chi connectivity index (χ0) is 15.3. The molecule has 4 nitrogen and oxygen atoms in total. The molecule has 0 heterocycles. The van der Waals surface area contributed by atoms with Crippen LogP contribution in [-0.2, 0) is 4.79 Å². The van der Waals surface area contributed by atoms with E-state index in [2.05, 4.69) is 16.8 Å². The molecule has 6 heteroatoms. The number of hydrazine groups is 1. The van der Waals surface area contributed by atoms with Gasteiger partial charge in [-0.15, -0.1) is 6.42 Å². The van der Waals surface area contributed by atoms with E-state index in [1.165, 1.54) is 6.07 Å². The van der Waals surface area contributed by atoms with Crippen molar-refractivity contribution in [1.29, 1.82) is 0 Å². The van der Waals surface area contributed by atoms with Gasteiger partial charge in [-0.3, -0.25) is 15.6 Å². The van der Waals surface area contributed by atoms with Crippen molar-refractivity contribution in [3.05, 3.63) is 22.2 Å². The van der Waals surface area contributed by atoms with Gasteiger partial charge in [-0.25, -0.2) is 0 Å². The second kappa shape index (κ2) is 6.74. The van der Waals surface area contributed by atoms with Crippen molar-refractivity contribution >= 4 is 34.8 Å². The summed E-state index contributed by atoms with van der Waals surface area (Å²) in [4.78, 5) is 11.8. The van der Waals surface area contributed by atoms with Gasteiger partial charge in [0.05, 0.1) is 15.7 Å². The lowest BCUT2D eigenvalue weighted by Crippen LogP contribution is -2.38. The van der Waals surface area contributed by atoms with Crippen LogP contribution in [0.1, 0.15) is 20.8 Å². The smallest absolute Gasteiger partial charge is 0.243 e. The summed E-state index contributed by atoms with van der Waals surface area (Å²) >= 11 is 12.0. The molecule has 0 saturated heterocycles. The zero-order valence-corrected chi connectivity index (χ0v) is 13.0. The van der Waals surface area contributed by atoms with Gasteiger partial charge in [0.1, 0.15) is 12.4 Å². The number of ether oxygens (including phenoxy) is 1. The summed E-state index contributed by atoms with van der Waals surface area (Å²) in [7, 11) is 0. The average molecular weight is 315 g/mol. The molecular weight excluding hydrogens is 299 g/mol. The van der Waals surface area contributed by atoms with Gasteiger partial charge in [-0.05, 0) is 6.07 Å². The minimum Gasteiger partial charge on any atom is -0.479 e. The Bertz CT molecular complexity index is 545. The average Bonchev–Trinajstić information content (AvgIpc) is 2.35.